The lowest BCUT2D eigenvalue weighted by molar-refractivity contribution is 0.120. The Labute approximate surface area is 71.3 Å². The van der Waals surface area contributed by atoms with E-state index in [1.807, 2.05) is 0 Å². The first kappa shape index (κ1) is 9.15. The first-order valence-electron chi connectivity index (χ1n) is 4.03. The molecule has 5 heteroatoms. The van der Waals surface area contributed by atoms with E-state index in [-0.39, 0.29) is 6.04 Å². The van der Waals surface area contributed by atoms with E-state index in [2.05, 4.69) is 22.1 Å². The Morgan fingerprint density at radius 3 is 3.17 bits per heavy atom. The number of H-pyrrole nitrogens is 1. The molecule has 0 bridgehead atoms. The smallest absolute Gasteiger partial charge is 0.143 e. The summed E-state index contributed by atoms with van der Waals surface area (Å²) in [5.41, 5.74) is 5.72. The van der Waals surface area contributed by atoms with Crippen LogP contribution >= 0.6 is 0 Å². The molecule has 0 amide bonds. The molecule has 0 spiro atoms. The zero-order valence-electron chi connectivity index (χ0n) is 7.16. The number of nitrogens with two attached hydrogens (primary N) is 1. The number of aromatic amines is 1. The number of hydrogen-bond donors (Lipinski definition) is 2. The Morgan fingerprint density at radius 2 is 2.58 bits per heavy atom. The summed E-state index contributed by atoms with van der Waals surface area (Å²) in [6, 6.07) is -0.195. The molecule has 0 aromatic carbocycles. The Kier molecular flexibility index (Phi) is 3.69. The highest BCUT2D eigenvalue weighted by molar-refractivity contribution is 4.88. The molecule has 1 heterocycles. The summed E-state index contributed by atoms with van der Waals surface area (Å²) in [5, 5.41) is 6.40. The third kappa shape index (κ3) is 2.60. The first-order chi connectivity index (χ1) is 5.84. The van der Waals surface area contributed by atoms with E-state index >= 15 is 0 Å². The molecule has 0 aliphatic carbocycles. The average molecular weight is 170 g/mol. The molecule has 0 radical (unpaired) electrons. The van der Waals surface area contributed by atoms with Crippen molar-refractivity contribution in [1.82, 2.24) is 15.2 Å². The number of rotatable bonds is 5. The lowest BCUT2D eigenvalue weighted by Gasteiger charge is -2.07. The van der Waals surface area contributed by atoms with Crippen LogP contribution in [0, 0.1) is 0 Å². The molecule has 1 aromatic heterocycles. The van der Waals surface area contributed by atoms with Gasteiger partial charge in [-0.2, -0.15) is 5.10 Å². The predicted octanol–water partition coefficient (Wildman–Crippen LogP) is 0.231. The summed E-state index contributed by atoms with van der Waals surface area (Å²) in [4.78, 5) is 3.92. The lowest BCUT2D eigenvalue weighted by atomic mass is 10.3. The molecule has 0 aliphatic heterocycles. The van der Waals surface area contributed by atoms with Crippen molar-refractivity contribution >= 4 is 0 Å². The van der Waals surface area contributed by atoms with E-state index in [9.17, 15) is 0 Å². The highest BCUT2D eigenvalue weighted by atomic mass is 16.5. The van der Waals surface area contributed by atoms with Gasteiger partial charge in [0.15, 0.2) is 0 Å². The molecule has 1 rings (SSSR count). The van der Waals surface area contributed by atoms with Crippen molar-refractivity contribution < 1.29 is 4.74 Å². The topological polar surface area (TPSA) is 76.8 Å². The maximum absolute atomic E-state index is 5.72. The van der Waals surface area contributed by atoms with Crippen molar-refractivity contribution in [2.75, 3.05) is 13.2 Å². The molecule has 0 saturated carbocycles. The van der Waals surface area contributed by atoms with Crippen LogP contribution in [0.1, 0.15) is 25.2 Å². The van der Waals surface area contributed by atoms with Crippen LogP contribution in [-0.2, 0) is 4.74 Å². The third-order valence-corrected chi connectivity index (χ3v) is 1.43. The zero-order chi connectivity index (χ0) is 8.81. The quantitative estimate of drug-likeness (QED) is 0.620. The largest absolute Gasteiger partial charge is 0.379 e. The van der Waals surface area contributed by atoms with Gasteiger partial charge in [0, 0.05) is 6.61 Å². The van der Waals surface area contributed by atoms with Gasteiger partial charge in [-0.25, -0.2) is 4.98 Å². The van der Waals surface area contributed by atoms with E-state index < -0.39 is 0 Å². The molecule has 1 atom stereocenters. The second-order valence-electron chi connectivity index (χ2n) is 2.55. The molecule has 0 saturated heterocycles. The number of aromatic nitrogens is 3. The molecule has 5 nitrogen and oxygen atoms in total. The zero-order valence-corrected chi connectivity index (χ0v) is 7.16. The van der Waals surface area contributed by atoms with Gasteiger partial charge < -0.3 is 10.5 Å². The van der Waals surface area contributed by atoms with Crippen LogP contribution in [0.2, 0.25) is 0 Å². The highest BCUT2D eigenvalue weighted by Gasteiger charge is 2.07. The number of nitrogens with one attached hydrogen (secondary N) is 1. The van der Waals surface area contributed by atoms with Gasteiger partial charge in [-0.15, -0.1) is 0 Å². The van der Waals surface area contributed by atoms with Gasteiger partial charge in [0.25, 0.3) is 0 Å². The Morgan fingerprint density at radius 1 is 1.75 bits per heavy atom. The van der Waals surface area contributed by atoms with Gasteiger partial charge in [0.05, 0.1) is 12.6 Å². The SMILES string of the molecule is CCCOCC(N)c1ncn[nH]1. The van der Waals surface area contributed by atoms with Gasteiger partial charge in [-0.3, -0.25) is 5.10 Å². The van der Waals surface area contributed by atoms with Crippen molar-refractivity contribution in [3.8, 4) is 0 Å². The van der Waals surface area contributed by atoms with Gasteiger partial charge in [-0.1, -0.05) is 6.92 Å². The number of hydrogen-bond acceptors (Lipinski definition) is 4. The molecular formula is C7H14N4O. The lowest BCUT2D eigenvalue weighted by Crippen LogP contribution is -2.18. The summed E-state index contributed by atoms with van der Waals surface area (Å²) in [6.07, 6.45) is 2.44. The Hall–Kier alpha value is -0.940. The van der Waals surface area contributed by atoms with Crippen molar-refractivity contribution in [2.45, 2.75) is 19.4 Å². The first-order valence-corrected chi connectivity index (χ1v) is 4.03. The molecule has 0 aliphatic rings. The molecule has 1 unspecified atom stereocenters. The monoisotopic (exact) mass is 170 g/mol. The van der Waals surface area contributed by atoms with Crippen LogP contribution in [0.15, 0.2) is 6.33 Å². The molecule has 12 heavy (non-hydrogen) atoms. The van der Waals surface area contributed by atoms with Crippen LogP contribution in [0.25, 0.3) is 0 Å². The number of ether oxygens (including phenoxy) is 1. The fourth-order valence-corrected chi connectivity index (χ4v) is 0.827. The second kappa shape index (κ2) is 4.84. The second-order valence-corrected chi connectivity index (χ2v) is 2.55. The predicted molar refractivity (Wildman–Crippen MR) is 44.4 cm³/mol. The maximum atomic E-state index is 5.72. The summed E-state index contributed by atoms with van der Waals surface area (Å²) in [6.45, 7) is 3.28. The van der Waals surface area contributed by atoms with E-state index in [1.165, 1.54) is 6.33 Å². The van der Waals surface area contributed by atoms with Gasteiger partial charge in [-0.05, 0) is 6.42 Å². The Bertz CT molecular complexity index is 199. The molecule has 1 aromatic rings. The summed E-state index contributed by atoms with van der Waals surface area (Å²) < 4.78 is 5.26. The van der Waals surface area contributed by atoms with E-state index in [0.717, 1.165) is 13.0 Å². The van der Waals surface area contributed by atoms with Gasteiger partial charge in [0.1, 0.15) is 12.2 Å². The van der Waals surface area contributed by atoms with Crippen LogP contribution < -0.4 is 5.73 Å². The van der Waals surface area contributed by atoms with Crippen molar-refractivity contribution in [3.05, 3.63) is 12.2 Å². The fraction of sp³-hybridized carbons (Fsp3) is 0.714. The third-order valence-electron chi connectivity index (χ3n) is 1.43. The molecular weight excluding hydrogens is 156 g/mol. The standard InChI is InChI=1S/C7H14N4O/c1-2-3-12-4-6(8)7-9-5-10-11-7/h5-6H,2-4,8H2,1H3,(H,9,10,11). The van der Waals surface area contributed by atoms with E-state index in [4.69, 9.17) is 10.5 Å². The van der Waals surface area contributed by atoms with E-state index in [0.29, 0.717) is 12.4 Å². The minimum atomic E-state index is -0.195. The van der Waals surface area contributed by atoms with Crippen LogP contribution in [0.4, 0.5) is 0 Å². The average Bonchev–Trinajstić information content (AvgIpc) is 2.56. The van der Waals surface area contributed by atoms with E-state index in [1.54, 1.807) is 0 Å². The van der Waals surface area contributed by atoms with Crippen molar-refractivity contribution in [1.29, 1.82) is 0 Å². The maximum Gasteiger partial charge on any atom is 0.143 e. The number of nitrogens with zero attached hydrogens (tertiary/aromatic N) is 2. The minimum Gasteiger partial charge on any atom is -0.379 e. The van der Waals surface area contributed by atoms with Crippen LogP contribution in [0.3, 0.4) is 0 Å². The fourth-order valence-electron chi connectivity index (χ4n) is 0.827. The normalized spacial score (nSPS) is 13.2. The summed E-state index contributed by atoms with van der Waals surface area (Å²) in [7, 11) is 0. The van der Waals surface area contributed by atoms with Crippen LogP contribution in [-0.4, -0.2) is 28.4 Å². The highest BCUT2D eigenvalue weighted by Crippen LogP contribution is 2.01. The molecule has 3 N–H and O–H groups in total. The summed E-state index contributed by atoms with van der Waals surface area (Å²) >= 11 is 0. The Balaban J connectivity index is 2.25. The molecule has 68 valence electrons. The minimum absolute atomic E-state index is 0.195. The van der Waals surface area contributed by atoms with Crippen LogP contribution in [0.5, 0.6) is 0 Å². The molecule has 0 fully saturated rings. The van der Waals surface area contributed by atoms with Crippen molar-refractivity contribution in [2.24, 2.45) is 5.73 Å². The summed E-state index contributed by atoms with van der Waals surface area (Å²) in [5.74, 6) is 0.672. The van der Waals surface area contributed by atoms with Gasteiger partial charge in [0.2, 0.25) is 0 Å². The van der Waals surface area contributed by atoms with Crippen molar-refractivity contribution in [3.63, 3.8) is 0 Å². The van der Waals surface area contributed by atoms with Gasteiger partial charge >= 0.3 is 0 Å².